The Balaban J connectivity index is 2.08. The van der Waals surface area contributed by atoms with Crippen LogP contribution in [0.4, 0.5) is 4.79 Å². The first-order chi connectivity index (χ1) is 9.72. The van der Waals surface area contributed by atoms with Crippen molar-refractivity contribution in [2.45, 2.75) is 6.92 Å². The number of thiophene rings is 1. The first-order valence-electron chi connectivity index (χ1n) is 6.08. The second-order valence-corrected chi connectivity index (χ2v) is 4.75. The van der Waals surface area contributed by atoms with Gasteiger partial charge in [0.1, 0.15) is 4.88 Å². The number of amides is 2. The van der Waals surface area contributed by atoms with Gasteiger partial charge >= 0.3 is 6.09 Å². The normalized spacial score (nSPS) is 9.85. The van der Waals surface area contributed by atoms with E-state index in [1.165, 1.54) is 11.3 Å². The van der Waals surface area contributed by atoms with Gasteiger partial charge in [-0.25, -0.2) is 10.2 Å². The van der Waals surface area contributed by atoms with Crippen LogP contribution in [0.5, 0.6) is 0 Å². The number of carbonyl (C=O) groups excluding carboxylic acids is 2. The molecule has 1 aromatic carbocycles. The van der Waals surface area contributed by atoms with Gasteiger partial charge < -0.3 is 4.74 Å². The lowest BCUT2D eigenvalue weighted by Crippen LogP contribution is -2.41. The molecule has 0 aliphatic rings. The number of hydrazine groups is 1. The molecule has 0 bridgehead atoms. The molecule has 0 radical (unpaired) electrons. The van der Waals surface area contributed by atoms with Gasteiger partial charge in [0.2, 0.25) is 0 Å². The summed E-state index contributed by atoms with van der Waals surface area (Å²) in [4.78, 5) is 23.7. The Labute approximate surface area is 120 Å². The molecule has 0 unspecified atom stereocenters. The molecule has 0 aliphatic heterocycles. The Kier molecular flexibility index (Phi) is 4.73. The van der Waals surface area contributed by atoms with Crippen LogP contribution >= 0.6 is 11.3 Å². The highest BCUT2D eigenvalue weighted by atomic mass is 32.1. The molecule has 0 spiro atoms. The summed E-state index contributed by atoms with van der Waals surface area (Å²) in [5, 5.41) is 1.83. The summed E-state index contributed by atoms with van der Waals surface area (Å²) >= 11 is 1.31. The largest absolute Gasteiger partial charge is 0.449 e. The number of ether oxygens (including phenoxy) is 1. The predicted molar refractivity (Wildman–Crippen MR) is 77.4 cm³/mol. The maximum absolute atomic E-state index is 12.0. The SMILES string of the molecule is CCOC(=O)NNC(=O)c1sccc1-c1ccccc1. The van der Waals surface area contributed by atoms with Gasteiger partial charge in [-0.15, -0.1) is 11.3 Å². The molecule has 104 valence electrons. The molecule has 0 aliphatic carbocycles. The van der Waals surface area contributed by atoms with Crippen LogP contribution in [0.15, 0.2) is 41.8 Å². The summed E-state index contributed by atoms with van der Waals surface area (Å²) in [6.45, 7) is 1.93. The third-order valence-corrected chi connectivity index (χ3v) is 3.42. The Morgan fingerprint density at radius 1 is 1.15 bits per heavy atom. The third kappa shape index (κ3) is 3.36. The summed E-state index contributed by atoms with van der Waals surface area (Å²) < 4.78 is 4.66. The van der Waals surface area contributed by atoms with Crippen molar-refractivity contribution in [3.05, 3.63) is 46.7 Å². The van der Waals surface area contributed by atoms with E-state index in [1.54, 1.807) is 6.92 Å². The standard InChI is InChI=1S/C14H14N2O3S/c1-2-19-14(18)16-15-13(17)12-11(8-9-20-12)10-6-4-3-5-7-10/h3-9H,2H2,1H3,(H,15,17)(H,16,18). The summed E-state index contributed by atoms with van der Waals surface area (Å²) in [5.41, 5.74) is 6.31. The van der Waals surface area contributed by atoms with Crippen LogP contribution < -0.4 is 10.9 Å². The molecule has 1 heterocycles. The highest BCUT2D eigenvalue weighted by Gasteiger charge is 2.15. The Morgan fingerprint density at radius 3 is 2.60 bits per heavy atom. The molecule has 1 aromatic heterocycles. The van der Waals surface area contributed by atoms with E-state index in [4.69, 9.17) is 0 Å². The lowest BCUT2D eigenvalue weighted by atomic mass is 10.1. The zero-order valence-corrected chi connectivity index (χ0v) is 11.7. The van der Waals surface area contributed by atoms with E-state index >= 15 is 0 Å². The molecule has 6 heteroatoms. The molecular formula is C14H14N2O3S. The highest BCUT2D eigenvalue weighted by Crippen LogP contribution is 2.27. The van der Waals surface area contributed by atoms with Crippen molar-refractivity contribution < 1.29 is 14.3 Å². The molecule has 0 saturated heterocycles. The van der Waals surface area contributed by atoms with Gasteiger partial charge in [0, 0.05) is 5.56 Å². The van der Waals surface area contributed by atoms with Gasteiger partial charge in [0.05, 0.1) is 6.61 Å². The van der Waals surface area contributed by atoms with E-state index in [0.717, 1.165) is 11.1 Å². The van der Waals surface area contributed by atoms with Crippen molar-refractivity contribution in [3.8, 4) is 11.1 Å². The van der Waals surface area contributed by atoms with Crippen LogP contribution in [-0.2, 0) is 4.74 Å². The molecule has 0 atom stereocenters. The first kappa shape index (κ1) is 14.1. The lowest BCUT2D eigenvalue weighted by Gasteiger charge is -2.07. The van der Waals surface area contributed by atoms with Crippen LogP contribution in [0.2, 0.25) is 0 Å². The van der Waals surface area contributed by atoms with Gasteiger partial charge in [-0.3, -0.25) is 10.2 Å². The van der Waals surface area contributed by atoms with E-state index in [2.05, 4.69) is 15.6 Å². The van der Waals surface area contributed by atoms with E-state index in [0.29, 0.717) is 4.88 Å². The fourth-order valence-electron chi connectivity index (χ4n) is 1.66. The molecular weight excluding hydrogens is 276 g/mol. The smallest absolute Gasteiger partial charge is 0.426 e. The Morgan fingerprint density at radius 2 is 1.90 bits per heavy atom. The summed E-state index contributed by atoms with van der Waals surface area (Å²) in [7, 11) is 0. The van der Waals surface area contributed by atoms with Crippen LogP contribution in [0.25, 0.3) is 11.1 Å². The Bertz CT molecular complexity index is 595. The minimum atomic E-state index is -0.682. The number of hydrogen-bond donors (Lipinski definition) is 2. The average Bonchev–Trinajstić information content (AvgIpc) is 2.95. The van der Waals surface area contributed by atoms with E-state index in [-0.39, 0.29) is 12.5 Å². The summed E-state index contributed by atoms with van der Waals surface area (Å²) in [6, 6.07) is 11.5. The lowest BCUT2D eigenvalue weighted by molar-refractivity contribution is 0.0917. The van der Waals surface area contributed by atoms with Crippen molar-refractivity contribution >= 4 is 23.3 Å². The highest BCUT2D eigenvalue weighted by molar-refractivity contribution is 7.12. The van der Waals surface area contributed by atoms with Gasteiger partial charge in [-0.1, -0.05) is 30.3 Å². The monoisotopic (exact) mass is 290 g/mol. The first-order valence-corrected chi connectivity index (χ1v) is 6.96. The fraction of sp³-hybridized carbons (Fsp3) is 0.143. The fourth-order valence-corrected chi connectivity index (χ4v) is 2.47. The minimum absolute atomic E-state index is 0.246. The maximum atomic E-state index is 12.0. The molecule has 0 saturated carbocycles. The average molecular weight is 290 g/mol. The Hall–Kier alpha value is -2.34. The van der Waals surface area contributed by atoms with Gasteiger partial charge in [0.15, 0.2) is 0 Å². The number of benzene rings is 1. The number of rotatable bonds is 3. The maximum Gasteiger partial charge on any atom is 0.426 e. The van der Waals surface area contributed by atoms with E-state index in [1.807, 2.05) is 41.8 Å². The number of hydrogen-bond acceptors (Lipinski definition) is 4. The molecule has 2 aromatic rings. The van der Waals surface area contributed by atoms with Crippen LogP contribution in [0.1, 0.15) is 16.6 Å². The van der Waals surface area contributed by atoms with Crippen molar-refractivity contribution in [1.29, 1.82) is 0 Å². The van der Waals surface area contributed by atoms with Crippen molar-refractivity contribution in [3.63, 3.8) is 0 Å². The van der Waals surface area contributed by atoms with Crippen molar-refractivity contribution in [1.82, 2.24) is 10.9 Å². The molecule has 20 heavy (non-hydrogen) atoms. The molecule has 2 rings (SSSR count). The van der Waals surface area contributed by atoms with Crippen molar-refractivity contribution in [2.75, 3.05) is 6.61 Å². The minimum Gasteiger partial charge on any atom is -0.449 e. The molecule has 2 amide bonds. The van der Waals surface area contributed by atoms with Gasteiger partial charge in [0.25, 0.3) is 5.91 Å². The predicted octanol–water partition coefficient (Wildman–Crippen LogP) is 2.81. The van der Waals surface area contributed by atoms with E-state index in [9.17, 15) is 9.59 Å². The third-order valence-electron chi connectivity index (χ3n) is 2.51. The van der Waals surface area contributed by atoms with Crippen LogP contribution in [-0.4, -0.2) is 18.6 Å². The zero-order valence-electron chi connectivity index (χ0n) is 10.9. The summed E-state index contributed by atoms with van der Waals surface area (Å²) in [5.74, 6) is -0.369. The van der Waals surface area contributed by atoms with Gasteiger partial charge in [-0.2, -0.15) is 0 Å². The van der Waals surface area contributed by atoms with Crippen LogP contribution in [0, 0.1) is 0 Å². The molecule has 2 N–H and O–H groups in total. The quantitative estimate of drug-likeness (QED) is 0.854. The number of nitrogens with one attached hydrogen (secondary N) is 2. The second-order valence-electron chi connectivity index (χ2n) is 3.83. The van der Waals surface area contributed by atoms with Gasteiger partial charge in [-0.05, 0) is 23.9 Å². The topological polar surface area (TPSA) is 67.4 Å². The number of carbonyl (C=O) groups is 2. The zero-order chi connectivity index (χ0) is 14.4. The summed E-state index contributed by atoms with van der Waals surface area (Å²) in [6.07, 6.45) is -0.682. The molecule has 5 nitrogen and oxygen atoms in total. The molecule has 0 fully saturated rings. The second kappa shape index (κ2) is 6.72. The van der Waals surface area contributed by atoms with Crippen LogP contribution in [0.3, 0.4) is 0 Å². The van der Waals surface area contributed by atoms with E-state index < -0.39 is 6.09 Å². The van der Waals surface area contributed by atoms with Crippen molar-refractivity contribution in [2.24, 2.45) is 0 Å².